The standard InChI is InChI=1S/C23H28N2O/c1-17-4-2-6-20(14-17)21-7-3-5-18(15-21)16-25-12-10-22(11-13-25)24-23(26)19-8-9-19/h2-7,14-15,19,22H,8-13,16H2,1H3,(H,24,26). The fraction of sp³-hybridized carbons (Fsp3) is 0.435. The summed E-state index contributed by atoms with van der Waals surface area (Å²) in [5.74, 6) is 0.603. The molecule has 3 nitrogen and oxygen atoms in total. The second-order valence-electron chi connectivity index (χ2n) is 7.90. The van der Waals surface area contributed by atoms with E-state index >= 15 is 0 Å². The molecule has 136 valence electrons. The maximum Gasteiger partial charge on any atom is 0.223 e. The summed E-state index contributed by atoms with van der Waals surface area (Å²) in [6.45, 7) is 5.25. The van der Waals surface area contributed by atoms with Crippen LogP contribution in [0.2, 0.25) is 0 Å². The maximum absolute atomic E-state index is 11.9. The van der Waals surface area contributed by atoms with Crippen molar-refractivity contribution in [2.24, 2.45) is 5.92 Å². The normalized spacial score (nSPS) is 18.7. The first-order valence-corrected chi connectivity index (χ1v) is 9.86. The Balaban J connectivity index is 1.33. The number of benzene rings is 2. The minimum Gasteiger partial charge on any atom is -0.353 e. The van der Waals surface area contributed by atoms with Gasteiger partial charge in [-0.1, -0.05) is 48.0 Å². The molecule has 0 unspecified atom stereocenters. The summed E-state index contributed by atoms with van der Waals surface area (Å²) in [6.07, 6.45) is 4.30. The number of piperidine rings is 1. The topological polar surface area (TPSA) is 32.3 Å². The van der Waals surface area contributed by atoms with Gasteiger partial charge in [0.2, 0.25) is 5.91 Å². The van der Waals surface area contributed by atoms with Crippen LogP contribution in [0.4, 0.5) is 0 Å². The number of likely N-dealkylation sites (tertiary alicyclic amines) is 1. The van der Waals surface area contributed by atoms with Gasteiger partial charge in [0.25, 0.3) is 0 Å². The van der Waals surface area contributed by atoms with E-state index in [0.29, 0.717) is 12.0 Å². The Morgan fingerprint density at radius 3 is 2.38 bits per heavy atom. The van der Waals surface area contributed by atoms with Gasteiger partial charge in [0, 0.05) is 31.6 Å². The zero-order chi connectivity index (χ0) is 17.9. The van der Waals surface area contributed by atoms with Crippen LogP contribution in [0.3, 0.4) is 0 Å². The minimum absolute atomic E-state index is 0.286. The van der Waals surface area contributed by atoms with Crippen LogP contribution in [-0.2, 0) is 11.3 Å². The van der Waals surface area contributed by atoms with Crippen molar-refractivity contribution in [2.75, 3.05) is 13.1 Å². The molecule has 1 amide bonds. The molecule has 26 heavy (non-hydrogen) atoms. The van der Waals surface area contributed by atoms with Crippen LogP contribution < -0.4 is 5.32 Å². The van der Waals surface area contributed by atoms with Crippen molar-refractivity contribution in [3.05, 3.63) is 59.7 Å². The zero-order valence-electron chi connectivity index (χ0n) is 15.6. The number of carbonyl (C=O) groups is 1. The molecule has 2 aromatic carbocycles. The maximum atomic E-state index is 11.9. The third-order valence-corrected chi connectivity index (χ3v) is 5.57. The number of rotatable bonds is 5. The third kappa shape index (κ3) is 4.34. The van der Waals surface area contributed by atoms with E-state index in [9.17, 15) is 4.79 Å². The SMILES string of the molecule is Cc1cccc(-c2cccc(CN3CCC(NC(=O)C4CC4)CC3)c2)c1. The molecule has 1 saturated carbocycles. The van der Waals surface area contributed by atoms with Gasteiger partial charge in [-0.05, 0) is 55.4 Å². The van der Waals surface area contributed by atoms with E-state index in [0.717, 1.165) is 45.3 Å². The van der Waals surface area contributed by atoms with Crippen LogP contribution >= 0.6 is 0 Å². The Morgan fingerprint density at radius 1 is 1.00 bits per heavy atom. The molecule has 2 aliphatic rings. The van der Waals surface area contributed by atoms with Gasteiger partial charge in [-0.25, -0.2) is 0 Å². The Hall–Kier alpha value is -2.13. The lowest BCUT2D eigenvalue weighted by molar-refractivity contribution is -0.123. The summed E-state index contributed by atoms with van der Waals surface area (Å²) in [6, 6.07) is 18.0. The smallest absolute Gasteiger partial charge is 0.223 e. The van der Waals surface area contributed by atoms with Gasteiger partial charge in [-0.2, -0.15) is 0 Å². The van der Waals surface area contributed by atoms with E-state index < -0.39 is 0 Å². The first-order valence-electron chi connectivity index (χ1n) is 9.86. The molecule has 0 atom stereocenters. The average molecular weight is 348 g/mol. The predicted octanol–water partition coefficient (Wildman–Crippen LogP) is 4.15. The molecular formula is C23H28N2O. The number of nitrogens with one attached hydrogen (secondary N) is 1. The molecule has 1 aliphatic carbocycles. The summed E-state index contributed by atoms with van der Waals surface area (Å²) < 4.78 is 0. The Labute approximate surface area is 156 Å². The number of aryl methyl sites for hydroxylation is 1. The number of hydrogen-bond donors (Lipinski definition) is 1. The largest absolute Gasteiger partial charge is 0.353 e. The predicted molar refractivity (Wildman–Crippen MR) is 106 cm³/mol. The number of amides is 1. The molecule has 1 N–H and O–H groups in total. The Kier molecular flexibility index (Phi) is 5.07. The summed E-state index contributed by atoms with van der Waals surface area (Å²) in [5, 5.41) is 3.24. The van der Waals surface area contributed by atoms with Crippen molar-refractivity contribution in [3.8, 4) is 11.1 Å². The van der Waals surface area contributed by atoms with Gasteiger partial charge >= 0.3 is 0 Å². The van der Waals surface area contributed by atoms with E-state index in [2.05, 4.69) is 65.7 Å². The van der Waals surface area contributed by atoms with Gasteiger partial charge in [-0.15, -0.1) is 0 Å². The lowest BCUT2D eigenvalue weighted by atomic mass is 10.00. The minimum atomic E-state index is 0.286. The van der Waals surface area contributed by atoms with Crippen molar-refractivity contribution in [2.45, 2.75) is 45.2 Å². The molecule has 2 aromatic rings. The summed E-state index contributed by atoms with van der Waals surface area (Å²) in [5.41, 5.74) is 5.24. The molecular weight excluding hydrogens is 320 g/mol. The van der Waals surface area contributed by atoms with Crippen LogP contribution in [0.5, 0.6) is 0 Å². The van der Waals surface area contributed by atoms with Gasteiger partial charge in [0.1, 0.15) is 0 Å². The third-order valence-electron chi connectivity index (χ3n) is 5.57. The number of hydrogen-bond acceptors (Lipinski definition) is 2. The molecule has 1 saturated heterocycles. The lowest BCUT2D eigenvalue weighted by Gasteiger charge is -2.32. The van der Waals surface area contributed by atoms with Crippen molar-refractivity contribution < 1.29 is 4.79 Å². The van der Waals surface area contributed by atoms with Gasteiger partial charge in [-0.3, -0.25) is 9.69 Å². The average Bonchev–Trinajstić information content (AvgIpc) is 3.49. The Morgan fingerprint density at radius 2 is 1.69 bits per heavy atom. The molecule has 4 rings (SSSR count). The van der Waals surface area contributed by atoms with E-state index in [-0.39, 0.29) is 5.91 Å². The highest BCUT2D eigenvalue weighted by atomic mass is 16.2. The summed E-state index contributed by atoms with van der Waals surface area (Å²) in [4.78, 5) is 14.4. The summed E-state index contributed by atoms with van der Waals surface area (Å²) >= 11 is 0. The number of carbonyl (C=O) groups excluding carboxylic acids is 1. The van der Waals surface area contributed by atoms with Crippen LogP contribution in [0.15, 0.2) is 48.5 Å². The van der Waals surface area contributed by atoms with E-state index in [1.165, 1.54) is 22.3 Å². The van der Waals surface area contributed by atoms with E-state index in [4.69, 9.17) is 0 Å². The molecule has 0 spiro atoms. The van der Waals surface area contributed by atoms with Gasteiger partial charge in [0.15, 0.2) is 0 Å². The van der Waals surface area contributed by atoms with Gasteiger partial charge in [0.05, 0.1) is 0 Å². The second kappa shape index (κ2) is 7.63. The van der Waals surface area contributed by atoms with Crippen molar-refractivity contribution in [3.63, 3.8) is 0 Å². The summed E-state index contributed by atoms with van der Waals surface area (Å²) in [7, 11) is 0. The molecule has 0 bridgehead atoms. The van der Waals surface area contributed by atoms with Crippen molar-refractivity contribution in [1.29, 1.82) is 0 Å². The van der Waals surface area contributed by atoms with Gasteiger partial charge < -0.3 is 5.32 Å². The zero-order valence-corrected chi connectivity index (χ0v) is 15.6. The Bertz CT molecular complexity index is 773. The van der Waals surface area contributed by atoms with Crippen LogP contribution in [-0.4, -0.2) is 29.9 Å². The first kappa shape index (κ1) is 17.3. The molecule has 1 heterocycles. The van der Waals surface area contributed by atoms with Crippen LogP contribution in [0.1, 0.15) is 36.8 Å². The molecule has 0 aromatic heterocycles. The second-order valence-corrected chi connectivity index (χ2v) is 7.90. The highest BCUT2D eigenvalue weighted by molar-refractivity contribution is 5.81. The lowest BCUT2D eigenvalue weighted by Crippen LogP contribution is -2.44. The van der Waals surface area contributed by atoms with E-state index in [1.54, 1.807) is 0 Å². The van der Waals surface area contributed by atoms with E-state index in [1.807, 2.05) is 0 Å². The number of nitrogens with zero attached hydrogens (tertiary/aromatic N) is 1. The van der Waals surface area contributed by atoms with Crippen LogP contribution in [0, 0.1) is 12.8 Å². The molecule has 3 heteroatoms. The highest BCUT2D eigenvalue weighted by Crippen LogP contribution is 2.29. The first-order chi connectivity index (χ1) is 12.7. The fourth-order valence-electron chi connectivity index (χ4n) is 3.83. The molecule has 1 aliphatic heterocycles. The van der Waals surface area contributed by atoms with Crippen molar-refractivity contribution in [1.82, 2.24) is 10.2 Å². The van der Waals surface area contributed by atoms with Crippen LogP contribution in [0.25, 0.3) is 11.1 Å². The monoisotopic (exact) mass is 348 g/mol. The highest BCUT2D eigenvalue weighted by Gasteiger charge is 2.31. The molecule has 0 radical (unpaired) electrons. The van der Waals surface area contributed by atoms with Crippen molar-refractivity contribution >= 4 is 5.91 Å². The molecule has 2 fully saturated rings. The quantitative estimate of drug-likeness (QED) is 0.880. The fourth-order valence-corrected chi connectivity index (χ4v) is 3.83.